The van der Waals surface area contributed by atoms with Crippen LogP contribution in [0.3, 0.4) is 0 Å². The maximum atomic E-state index is 11.9. The summed E-state index contributed by atoms with van der Waals surface area (Å²) in [5.74, 6) is -0.406. The lowest BCUT2D eigenvalue weighted by Crippen LogP contribution is -2.23. The van der Waals surface area contributed by atoms with Gasteiger partial charge in [0.05, 0.1) is 0 Å². The number of hydrogen-bond donors (Lipinski definition) is 3. The van der Waals surface area contributed by atoms with Crippen LogP contribution in [0.15, 0.2) is 18.2 Å². The van der Waals surface area contributed by atoms with Gasteiger partial charge in [-0.05, 0) is 38.0 Å². The predicted octanol–water partition coefficient (Wildman–Crippen LogP) is 1.60. The first kappa shape index (κ1) is 17.7. The van der Waals surface area contributed by atoms with Gasteiger partial charge in [0.2, 0.25) is 11.8 Å². The summed E-state index contributed by atoms with van der Waals surface area (Å²) in [7, 11) is 0. The van der Waals surface area contributed by atoms with Crippen molar-refractivity contribution in [2.45, 2.75) is 33.6 Å². The molecule has 0 bridgehead atoms. The van der Waals surface area contributed by atoms with Crippen molar-refractivity contribution in [3.8, 4) is 0 Å². The Hall–Kier alpha value is -2.37. The van der Waals surface area contributed by atoms with Crippen molar-refractivity contribution in [2.75, 3.05) is 18.4 Å². The largest absolute Gasteiger partial charge is 0.356 e. The first-order chi connectivity index (χ1) is 10.4. The first-order valence-electron chi connectivity index (χ1n) is 7.37. The van der Waals surface area contributed by atoms with Crippen molar-refractivity contribution < 1.29 is 14.4 Å². The number of aryl methyl sites for hydroxylation is 1. The van der Waals surface area contributed by atoms with Gasteiger partial charge in [-0.3, -0.25) is 14.4 Å². The molecular formula is C16H23N3O3. The van der Waals surface area contributed by atoms with E-state index in [9.17, 15) is 14.4 Å². The predicted molar refractivity (Wildman–Crippen MR) is 85.7 cm³/mol. The van der Waals surface area contributed by atoms with E-state index < -0.39 is 0 Å². The molecule has 0 aliphatic heterocycles. The van der Waals surface area contributed by atoms with Crippen LogP contribution in [0.1, 0.15) is 42.6 Å². The Morgan fingerprint density at radius 2 is 1.86 bits per heavy atom. The van der Waals surface area contributed by atoms with Crippen LogP contribution in [-0.2, 0) is 9.59 Å². The number of anilines is 1. The van der Waals surface area contributed by atoms with Crippen molar-refractivity contribution in [3.63, 3.8) is 0 Å². The van der Waals surface area contributed by atoms with Crippen LogP contribution >= 0.6 is 0 Å². The molecule has 0 saturated carbocycles. The van der Waals surface area contributed by atoms with Crippen LogP contribution in [-0.4, -0.2) is 30.8 Å². The van der Waals surface area contributed by atoms with Gasteiger partial charge in [-0.1, -0.05) is 6.07 Å². The van der Waals surface area contributed by atoms with Crippen LogP contribution in [0.25, 0.3) is 0 Å². The number of carbonyl (C=O) groups excluding carboxylic acids is 3. The standard InChI is InChI=1S/C16H23N3O3/c1-4-17-16(22)13-8-7-11(2)14(10-13)19-15(21)6-5-9-18-12(3)20/h7-8,10H,4-6,9H2,1-3H3,(H,17,22)(H,18,20)(H,19,21). The monoisotopic (exact) mass is 305 g/mol. The Morgan fingerprint density at radius 3 is 2.50 bits per heavy atom. The third-order valence-electron chi connectivity index (χ3n) is 3.07. The molecule has 0 saturated heterocycles. The minimum absolute atomic E-state index is 0.106. The van der Waals surface area contributed by atoms with Crippen LogP contribution in [0, 0.1) is 6.92 Å². The Morgan fingerprint density at radius 1 is 1.14 bits per heavy atom. The van der Waals surface area contributed by atoms with Gasteiger partial charge in [0.25, 0.3) is 5.91 Å². The molecule has 120 valence electrons. The highest BCUT2D eigenvalue weighted by Gasteiger charge is 2.09. The number of carbonyl (C=O) groups is 3. The van der Waals surface area contributed by atoms with Gasteiger partial charge >= 0.3 is 0 Å². The summed E-state index contributed by atoms with van der Waals surface area (Å²) in [6, 6.07) is 5.20. The smallest absolute Gasteiger partial charge is 0.251 e. The molecule has 0 spiro atoms. The van der Waals surface area contributed by atoms with Crippen molar-refractivity contribution in [3.05, 3.63) is 29.3 Å². The highest BCUT2D eigenvalue weighted by atomic mass is 16.2. The Bertz CT molecular complexity index is 556. The minimum atomic E-state index is -0.163. The van der Waals surface area contributed by atoms with E-state index in [1.807, 2.05) is 13.8 Å². The van der Waals surface area contributed by atoms with Gasteiger partial charge in [-0.25, -0.2) is 0 Å². The Labute approximate surface area is 130 Å². The zero-order chi connectivity index (χ0) is 16.5. The van der Waals surface area contributed by atoms with E-state index in [4.69, 9.17) is 0 Å². The van der Waals surface area contributed by atoms with Crippen molar-refractivity contribution in [1.82, 2.24) is 10.6 Å². The number of amides is 3. The number of rotatable bonds is 7. The second-order valence-electron chi connectivity index (χ2n) is 5.02. The van der Waals surface area contributed by atoms with Crippen molar-refractivity contribution >= 4 is 23.4 Å². The quantitative estimate of drug-likeness (QED) is 0.669. The van der Waals surface area contributed by atoms with Crippen LogP contribution in [0.2, 0.25) is 0 Å². The van der Waals surface area contributed by atoms with E-state index in [2.05, 4.69) is 16.0 Å². The molecule has 6 heteroatoms. The fraction of sp³-hybridized carbons (Fsp3) is 0.438. The maximum absolute atomic E-state index is 11.9. The van der Waals surface area contributed by atoms with Gasteiger partial charge in [0.1, 0.15) is 0 Å². The molecule has 6 nitrogen and oxygen atoms in total. The topological polar surface area (TPSA) is 87.3 Å². The normalized spacial score (nSPS) is 9.95. The molecule has 1 aromatic carbocycles. The third kappa shape index (κ3) is 5.95. The molecule has 0 radical (unpaired) electrons. The molecular weight excluding hydrogens is 282 g/mol. The second-order valence-corrected chi connectivity index (χ2v) is 5.02. The highest BCUT2D eigenvalue weighted by Crippen LogP contribution is 2.17. The second kappa shape index (κ2) is 8.81. The zero-order valence-electron chi connectivity index (χ0n) is 13.3. The lowest BCUT2D eigenvalue weighted by Gasteiger charge is -2.11. The fourth-order valence-corrected chi connectivity index (χ4v) is 1.89. The average Bonchev–Trinajstić information content (AvgIpc) is 2.46. The molecule has 3 amide bonds. The summed E-state index contributed by atoms with van der Waals surface area (Å²) in [6.45, 7) is 6.19. The Kier molecular flexibility index (Phi) is 7.08. The first-order valence-corrected chi connectivity index (χ1v) is 7.37. The van der Waals surface area contributed by atoms with E-state index in [0.717, 1.165) is 5.56 Å². The molecule has 0 heterocycles. The SMILES string of the molecule is CCNC(=O)c1ccc(C)c(NC(=O)CCCNC(C)=O)c1. The molecule has 0 fully saturated rings. The van der Waals surface area contributed by atoms with E-state index in [-0.39, 0.29) is 17.7 Å². The van der Waals surface area contributed by atoms with Crippen LogP contribution in [0.5, 0.6) is 0 Å². The molecule has 0 aliphatic carbocycles. The van der Waals surface area contributed by atoms with Crippen molar-refractivity contribution in [2.24, 2.45) is 0 Å². The summed E-state index contributed by atoms with van der Waals surface area (Å²) in [5, 5.41) is 8.17. The van der Waals surface area contributed by atoms with Gasteiger partial charge in [0, 0.05) is 37.7 Å². The van der Waals surface area contributed by atoms with Gasteiger partial charge in [0.15, 0.2) is 0 Å². The number of nitrogens with one attached hydrogen (secondary N) is 3. The summed E-state index contributed by atoms with van der Waals surface area (Å²) >= 11 is 0. The van der Waals surface area contributed by atoms with E-state index in [1.165, 1.54) is 6.92 Å². The number of hydrogen-bond acceptors (Lipinski definition) is 3. The van der Waals surface area contributed by atoms with E-state index >= 15 is 0 Å². The van der Waals surface area contributed by atoms with Crippen molar-refractivity contribution in [1.29, 1.82) is 0 Å². The molecule has 0 atom stereocenters. The van der Waals surface area contributed by atoms with Crippen LogP contribution < -0.4 is 16.0 Å². The summed E-state index contributed by atoms with van der Waals surface area (Å²) in [5.41, 5.74) is 2.04. The lowest BCUT2D eigenvalue weighted by atomic mass is 10.1. The highest BCUT2D eigenvalue weighted by molar-refractivity contribution is 5.97. The molecule has 0 unspecified atom stereocenters. The molecule has 0 aliphatic rings. The lowest BCUT2D eigenvalue weighted by molar-refractivity contribution is -0.119. The Balaban J connectivity index is 2.60. The average molecular weight is 305 g/mol. The van der Waals surface area contributed by atoms with E-state index in [0.29, 0.717) is 37.2 Å². The molecule has 22 heavy (non-hydrogen) atoms. The van der Waals surface area contributed by atoms with Gasteiger partial charge in [-0.2, -0.15) is 0 Å². The number of benzene rings is 1. The van der Waals surface area contributed by atoms with E-state index in [1.54, 1.807) is 18.2 Å². The summed E-state index contributed by atoms with van der Waals surface area (Å²) in [4.78, 5) is 34.4. The summed E-state index contributed by atoms with van der Waals surface area (Å²) in [6.07, 6.45) is 0.881. The molecule has 3 N–H and O–H groups in total. The molecule has 0 aromatic heterocycles. The van der Waals surface area contributed by atoms with Gasteiger partial charge in [-0.15, -0.1) is 0 Å². The molecule has 1 rings (SSSR count). The van der Waals surface area contributed by atoms with Gasteiger partial charge < -0.3 is 16.0 Å². The summed E-state index contributed by atoms with van der Waals surface area (Å²) < 4.78 is 0. The molecule has 1 aromatic rings. The maximum Gasteiger partial charge on any atom is 0.251 e. The van der Waals surface area contributed by atoms with Crippen LogP contribution in [0.4, 0.5) is 5.69 Å². The fourth-order valence-electron chi connectivity index (χ4n) is 1.89. The third-order valence-corrected chi connectivity index (χ3v) is 3.07. The zero-order valence-corrected chi connectivity index (χ0v) is 13.3. The minimum Gasteiger partial charge on any atom is -0.356 e.